The van der Waals surface area contributed by atoms with E-state index in [0.29, 0.717) is 25.0 Å². The van der Waals surface area contributed by atoms with E-state index >= 15 is 0 Å². The normalized spacial score (nSPS) is 19.1. The summed E-state index contributed by atoms with van der Waals surface area (Å²) in [5.41, 5.74) is 1.89. The summed E-state index contributed by atoms with van der Waals surface area (Å²) >= 11 is 0. The van der Waals surface area contributed by atoms with E-state index in [1.54, 1.807) is 0 Å². The van der Waals surface area contributed by atoms with E-state index in [4.69, 9.17) is 9.47 Å². The van der Waals surface area contributed by atoms with Gasteiger partial charge in [0, 0.05) is 24.8 Å². The summed E-state index contributed by atoms with van der Waals surface area (Å²) in [6, 6.07) is 13.0. The predicted octanol–water partition coefficient (Wildman–Crippen LogP) is 5.17. The second-order valence-corrected chi connectivity index (χ2v) is 7.87. The van der Waals surface area contributed by atoms with Gasteiger partial charge >= 0.3 is 12.1 Å². The van der Waals surface area contributed by atoms with E-state index in [2.05, 4.69) is 9.97 Å². The highest BCUT2D eigenvalue weighted by molar-refractivity contribution is 5.98. The van der Waals surface area contributed by atoms with Gasteiger partial charge in [0.15, 0.2) is 6.79 Å². The molecule has 1 aliphatic rings. The number of rotatable bonds is 6. The van der Waals surface area contributed by atoms with Crippen LogP contribution in [-0.2, 0) is 9.53 Å². The van der Waals surface area contributed by atoms with E-state index in [9.17, 15) is 18.0 Å². The first kappa shape index (κ1) is 22.1. The molecule has 170 valence electrons. The number of H-pyrrole nitrogens is 1. The first-order valence-electron chi connectivity index (χ1n) is 10.4. The van der Waals surface area contributed by atoms with E-state index < -0.39 is 18.1 Å². The molecule has 2 unspecified atom stereocenters. The number of carbonyl (C=O) groups is 1. The quantitative estimate of drug-likeness (QED) is 0.530. The average Bonchev–Trinajstić information content (AvgIpc) is 3.23. The fraction of sp³-hybridized carbons (Fsp3) is 0.391. The lowest BCUT2D eigenvalue weighted by molar-refractivity contribution is -0.171. The van der Waals surface area contributed by atoms with Crippen molar-refractivity contribution in [2.45, 2.75) is 43.8 Å². The molecule has 1 aliphatic carbocycles. The van der Waals surface area contributed by atoms with Crippen molar-refractivity contribution < 1.29 is 27.4 Å². The van der Waals surface area contributed by atoms with Gasteiger partial charge in [-0.05, 0) is 55.7 Å². The first-order chi connectivity index (χ1) is 15.4. The number of aromatic nitrogens is 2. The van der Waals surface area contributed by atoms with Crippen LogP contribution in [0, 0.1) is 0 Å². The Labute approximate surface area is 183 Å². The summed E-state index contributed by atoms with van der Waals surface area (Å²) in [6.45, 7) is 0.0202. The maximum atomic E-state index is 13.5. The maximum absolute atomic E-state index is 13.5. The van der Waals surface area contributed by atoms with Crippen LogP contribution in [0.25, 0.3) is 11.0 Å². The molecule has 1 fully saturated rings. The predicted molar refractivity (Wildman–Crippen MR) is 114 cm³/mol. The third-order valence-electron chi connectivity index (χ3n) is 5.73. The van der Waals surface area contributed by atoms with E-state index in [-0.39, 0.29) is 18.4 Å². The molecule has 32 heavy (non-hydrogen) atoms. The number of amides is 1. The summed E-state index contributed by atoms with van der Waals surface area (Å²) < 4.78 is 50.6. The Morgan fingerprint density at radius 1 is 1.16 bits per heavy atom. The number of para-hydroxylation sites is 2. The zero-order valence-electron chi connectivity index (χ0n) is 17.6. The van der Waals surface area contributed by atoms with Gasteiger partial charge in [-0.2, -0.15) is 13.2 Å². The number of nitrogens with zero attached hydrogens (tertiary/aromatic N) is 2. The second kappa shape index (κ2) is 9.20. The minimum atomic E-state index is -4.97. The highest BCUT2D eigenvalue weighted by atomic mass is 19.4. The summed E-state index contributed by atoms with van der Waals surface area (Å²) in [6.07, 6.45) is -2.60. The molecule has 1 N–H and O–H groups in total. The summed E-state index contributed by atoms with van der Waals surface area (Å²) in [7, 11) is 1.47. The number of ether oxygens (including phenoxy) is 2. The fourth-order valence-corrected chi connectivity index (χ4v) is 4.27. The zero-order chi connectivity index (χ0) is 22.7. The molecule has 4 rings (SSSR count). The monoisotopic (exact) mass is 447 g/mol. The van der Waals surface area contributed by atoms with Crippen LogP contribution in [0.5, 0.6) is 5.75 Å². The molecule has 1 aromatic heterocycles. The number of hydrogen-bond acceptors (Lipinski definition) is 4. The van der Waals surface area contributed by atoms with Crippen LogP contribution in [0.3, 0.4) is 0 Å². The Hall–Kier alpha value is -3.07. The molecule has 0 radical (unpaired) electrons. The number of imidazole rings is 1. The number of alkyl halides is 3. The van der Waals surface area contributed by atoms with Crippen LogP contribution < -0.4 is 9.64 Å². The molecule has 0 spiro atoms. The third-order valence-corrected chi connectivity index (χ3v) is 5.73. The van der Waals surface area contributed by atoms with Crippen LogP contribution in [0.2, 0.25) is 0 Å². The number of fused-ring (bicyclic) bond motifs is 1. The Balaban J connectivity index is 1.60. The molecule has 1 saturated carbocycles. The van der Waals surface area contributed by atoms with Gasteiger partial charge in [0.1, 0.15) is 11.6 Å². The number of carbonyl (C=O) groups excluding carboxylic acids is 1. The van der Waals surface area contributed by atoms with Gasteiger partial charge in [0.2, 0.25) is 0 Å². The van der Waals surface area contributed by atoms with Gasteiger partial charge in [-0.3, -0.25) is 4.79 Å². The number of halogens is 3. The smallest absolute Gasteiger partial charge is 0.468 e. The molecule has 0 aliphatic heterocycles. The number of aromatic amines is 1. The van der Waals surface area contributed by atoms with Crippen molar-refractivity contribution in [1.82, 2.24) is 9.97 Å². The van der Waals surface area contributed by atoms with Crippen molar-refractivity contribution in [3.05, 3.63) is 54.4 Å². The number of benzene rings is 2. The van der Waals surface area contributed by atoms with E-state index in [1.807, 2.05) is 24.3 Å². The second-order valence-electron chi connectivity index (χ2n) is 7.87. The minimum absolute atomic E-state index is 0.0202. The van der Waals surface area contributed by atoms with Crippen LogP contribution in [0.15, 0.2) is 48.5 Å². The fourth-order valence-electron chi connectivity index (χ4n) is 4.27. The molecule has 0 bridgehead atoms. The molecule has 2 aromatic carbocycles. The summed E-state index contributed by atoms with van der Waals surface area (Å²) in [4.78, 5) is 21.2. The third kappa shape index (κ3) is 4.72. The standard InChI is InChI=1S/C23H24F3N3O3/c1-31-14-32-18-11-9-16(10-12-18)29(22(30)23(24,25)26)17-6-4-5-15(13-17)21-27-19-7-2-3-8-20(19)28-21/h2-3,7-12,15,17H,4-6,13-14H2,1H3,(H,27,28). The molecule has 6 nitrogen and oxygen atoms in total. The Morgan fingerprint density at radius 3 is 2.59 bits per heavy atom. The Kier molecular flexibility index (Phi) is 6.36. The average molecular weight is 447 g/mol. The number of anilines is 1. The molecule has 1 heterocycles. The lowest BCUT2D eigenvalue weighted by Crippen LogP contribution is -2.49. The summed E-state index contributed by atoms with van der Waals surface area (Å²) in [5.74, 6) is -0.732. The highest BCUT2D eigenvalue weighted by Gasteiger charge is 2.46. The summed E-state index contributed by atoms with van der Waals surface area (Å²) in [5, 5.41) is 0. The van der Waals surface area contributed by atoms with Gasteiger partial charge in [0.25, 0.3) is 0 Å². The molecular weight excluding hydrogens is 423 g/mol. The highest BCUT2D eigenvalue weighted by Crippen LogP contribution is 2.38. The van der Waals surface area contributed by atoms with E-state index in [1.165, 1.54) is 31.4 Å². The molecule has 3 aromatic rings. The minimum Gasteiger partial charge on any atom is -0.468 e. The van der Waals surface area contributed by atoms with Gasteiger partial charge in [-0.15, -0.1) is 0 Å². The Morgan fingerprint density at radius 2 is 1.91 bits per heavy atom. The SMILES string of the molecule is COCOc1ccc(N(C(=O)C(F)(F)F)C2CCCC(c3nc4ccccc4[nH]3)C2)cc1. The molecular formula is C23H24F3N3O3. The molecule has 1 amide bonds. The van der Waals surface area contributed by atoms with E-state index in [0.717, 1.165) is 28.2 Å². The number of nitrogens with one attached hydrogen (secondary N) is 1. The lowest BCUT2D eigenvalue weighted by atomic mass is 9.84. The van der Waals surface area contributed by atoms with Crippen molar-refractivity contribution in [1.29, 1.82) is 0 Å². The lowest BCUT2D eigenvalue weighted by Gasteiger charge is -2.37. The van der Waals surface area contributed by atoms with Gasteiger partial charge in [-0.1, -0.05) is 18.6 Å². The topological polar surface area (TPSA) is 67.5 Å². The van der Waals surface area contributed by atoms with Crippen LogP contribution >= 0.6 is 0 Å². The first-order valence-corrected chi connectivity index (χ1v) is 10.4. The molecule has 2 atom stereocenters. The van der Waals surface area contributed by atoms with Crippen molar-refractivity contribution in [3.8, 4) is 5.75 Å². The van der Waals surface area contributed by atoms with Gasteiger partial charge < -0.3 is 19.4 Å². The van der Waals surface area contributed by atoms with Crippen molar-refractivity contribution in [2.24, 2.45) is 0 Å². The Bertz CT molecular complexity index is 1030. The molecule has 9 heteroatoms. The zero-order valence-corrected chi connectivity index (χ0v) is 17.6. The number of hydrogen-bond donors (Lipinski definition) is 1. The van der Waals surface area contributed by atoms with Crippen LogP contribution in [0.4, 0.5) is 18.9 Å². The van der Waals surface area contributed by atoms with Gasteiger partial charge in [0.05, 0.1) is 11.0 Å². The van der Waals surface area contributed by atoms with Crippen LogP contribution in [0.1, 0.15) is 37.4 Å². The maximum Gasteiger partial charge on any atom is 0.471 e. The van der Waals surface area contributed by atoms with Crippen molar-refractivity contribution >= 4 is 22.6 Å². The van der Waals surface area contributed by atoms with Crippen molar-refractivity contribution in [3.63, 3.8) is 0 Å². The number of methoxy groups -OCH3 is 1. The van der Waals surface area contributed by atoms with Crippen molar-refractivity contribution in [2.75, 3.05) is 18.8 Å². The molecule has 0 saturated heterocycles. The largest absolute Gasteiger partial charge is 0.471 e. The van der Waals surface area contributed by atoms with Gasteiger partial charge in [-0.25, -0.2) is 4.98 Å². The van der Waals surface area contributed by atoms with Crippen LogP contribution in [-0.4, -0.2) is 42.0 Å².